The van der Waals surface area contributed by atoms with E-state index in [-0.39, 0.29) is 18.6 Å². The SMILES string of the molecule is COc1cc(Cl)ccc1C(C)(C)NC(=O)[C@@H]1CN[C@H](CO)CO1. The highest BCUT2D eigenvalue weighted by Gasteiger charge is 2.32. The van der Waals surface area contributed by atoms with E-state index in [1.807, 2.05) is 19.9 Å². The van der Waals surface area contributed by atoms with E-state index in [1.54, 1.807) is 19.2 Å². The summed E-state index contributed by atoms with van der Waals surface area (Å²) in [4.78, 5) is 12.4. The van der Waals surface area contributed by atoms with Crippen molar-refractivity contribution >= 4 is 17.5 Å². The molecule has 1 fully saturated rings. The Morgan fingerprint density at radius 2 is 2.30 bits per heavy atom. The molecular weight excluding hydrogens is 320 g/mol. The molecule has 2 atom stereocenters. The lowest BCUT2D eigenvalue weighted by Crippen LogP contribution is -2.56. The Bertz CT molecular complexity index is 557. The number of nitrogens with one attached hydrogen (secondary N) is 2. The molecule has 0 saturated carbocycles. The fraction of sp³-hybridized carbons (Fsp3) is 0.562. The van der Waals surface area contributed by atoms with Gasteiger partial charge >= 0.3 is 0 Å². The van der Waals surface area contributed by atoms with Crippen LogP contribution in [-0.4, -0.2) is 50.0 Å². The Morgan fingerprint density at radius 1 is 1.57 bits per heavy atom. The maximum Gasteiger partial charge on any atom is 0.251 e. The zero-order chi connectivity index (χ0) is 17.0. The van der Waals surface area contributed by atoms with Gasteiger partial charge in [-0.05, 0) is 26.0 Å². The van der Waals surface area contributed by atoms with E-state index >= 15 is 0 Å². The maximum absolute atomic E-state index is 12.4. The summed E-state index contributed by atoms with van der Waals surface area (Å²) in [6.07, 6.45) is -0.588. The normalized spacial score (nSPS) is 21.8. The molecule has 2 rings (SSSR count). The van der Waals surface area contributed by atoms with Crippen LogP contribution in [0.3, 0.4) is 0 Å². The van der Waals surface area contributed by atoms with E-state index in [9.17, 15) is 4.79 Å². The van der Waals surface area contributed by atoms with Crippen LogP contribution < -0.4 is 15.4 Å². The summed E-state index contributed by atoms with van der Waals surface area (Å²) in [7, 11) is 1.57. The zero-order valence-electron chi connectivity index (χ0n) is 13.6. The minimum absolute atomic E-state index is 0.0121. The zero-order valence-corrected chi connectivity index (χ0v) is 14.3. The maximum atomic E-state index is 12.4. The number of carbonyl (C=O) groups is 1. The number of halogens is 1. The fourth-order valence-corrected chi connectivity index (χ4v) is 2.71. The number of hydrogen-bond acceptors (Lipinski definition) is 5. The average molecular weight is 343 g/mol. The van der Waals surface area contributed by atoms with E-state index in [0.717, 1.165) is 5.56 Å². The smallest absolute Gasteiger partial charge is 0.251 e. The Morgan fingerprint density at radius 3 is 2.87 bits per heavy atom. The van der Waals surface area contributed by atoms with Crippen LogP contribution in [0.25, 0.3) is 0 Å². The third-order valence-corrected chi connectivity index (χ3v) is 4.11. The lowest BCUT2D eigenvalue weighted by molar-refractivity contribution is -0.137. The molecule has 0 spiro atoms. The Hall–Kier alpha value is -1.34. The summed E-state index contributed by atoms with van der Waals surface area (Å²) in [5, 5.41) is 15.7. The molecule has 3 N–H and O–H groups in total. The molecule has 1 aliphatic rings. The molecule has 0 aromatic heterocycles. The lowest BCUT2D eigenvalue weighted by atomic mass is 9.93. The van der Waals surface area contributed by atoms with Crippen LogP contribution in [-0.2, 0) is 15.1 Å². The first kappa shape index (κ1) is 18.0. The highest BCUT2D eigenvalue weighted by molar-refractivity contribution is 6.30. The van der Waals surface area contributed by atoms with Gasteiger partial charge in [0.15, 0.2) is 0 Å². The van der Waals surface area contributed by atoms with Crippen molar-refractivity contribution in [1.29, 1.82) is 0 Å². The number of aliphatic hydroxyl groups is 1. The second-order valence-electron chi connectivity index (χ2n) is 6.07. The van der Waals surface area contributed by atoms with E-state index in [4.69, 9.17) is 26.2 Å². The lowest BCUT2D eigenvalue weighted by Gasteiger charge is -2.33. The molecule has 1 aromatic rings. The first-order valence-corrected chi connectivity index (χ1v) is 7.87. The van der Waals surface area contributed by atoms with E-state index < -0.39 is 11.6 Å². The van der Waals surface area contributed by atoms with Gasteiger partial charge in [-0.15, -0.1) is 0 Å². The molecule has 0 bridgehead atoms. The van der Waals surface area contributed by atoms with Gasteiger partial charge in [-0.2, -0.15) is 0 Å². The van der Waals surface area contributed by atoms with Gasteiger partial charge in [0.05, 0.1) is 31.9 Å². The van der Waals surface area contributed by atoms with Gasteiger partial charge in [0.2, 0.25) is 0 Å². The van der Waals surface area contributed by atoms with Gasteiger partial charge in [0.25, 0.3) is 5.91 Å². The number of aliphatic hydroxyl groups excluding tert-OH is 1. The van der Waals surface area contributed by atoms with Gasteiger partial charge in [-0.3, -0.25) is 4.79 Å². The molecule has 128 valence electrons. The van der Waals surface area contributed by atoms with E-state index in [2.05, 4.69) is 10.6 Å². The molecule has 1 heterocycles. The van der Waals surface area contributed by atoms with Gasteiger partial charge < -0.3 is 25.2 Å². The van der Waals surface area contributed by atoms with Crippen molar-refractivity contribution < 1.29 is 19.4 Å². The molecule has 0 aliphatic carbocycles. The van der Waals surface area contributed by atoms with Crippen LogP contribution in [0.2, 0.25) is 5.02 Å². The molecule has 0 radical (unpaired) electrons. The number of carbonyl (C=O) groups excluding carboxylic acids is 1. The van der Waals surface area contributed by atoms with E-state index in [1.165, 1.54) is 0 Å². The van der Waals surface area contributed by atoms with Crippen LogP contribution in [0.4, 0.5) is 0 Å². The molecule has 0 unspecified atom stereocenters. The predicted molar refractivity (Wildman–Crippen MR) is 87.8 cm³/mol. The van der Waals surface area contributed by atoms with Crippen molar-refractivity contribution in [2.75, 3.05) is 26.9 Å². The van der Waals surface area contributed by atoms with Crippen LogP contribution >= 0.6 is 11.6 Å². The number of methoxy groups -OCH3 is 1. The number of rotatable bonds is 5. The quantitative estimate of drug-likeness (QED) is 0.745. The third-order valence-electron chi connectivity index (χ3n) is 3.88. The summed E-state index contributed by atoms with van der Waals surface area (Å²) in [5.41, 5.74) is 0.180. The largest absolute Gasteiger partial charge is 0.496 e. The van der Waals surface area contributed by atoms with Crippen molar-refractivity contribution in [3.8, 4) is 5.75 Å². The minimum atomic E-state index is -0.649. The summed E-state index contributed by atoms with van der Waals surface area (Å²) < 4.78 is 10.9. The van der Waals surface area contributed by atoms with Crippen molar-refractivity contribution in [3.63, 3.8) is 0 Å². The average Bonchev–Trinajstić information content (AvgIpc) is 2.54. The fourth-order valence-electron chi connectivity index (χ4n) is 2.55. The first-order chi connectivity index (χ1) is 10.9. The molecule has 1 saturated heterocycles. The molecule has 6 nitrogen and oxygen atoms in total. The standard InChI is InChI=1S/C16H23ClN2O4/c1-16(2,12-5-4-10(17)6-13(12)22-3)19-15(21)14-7-18-11(8-20)9-23-14/h4-6,11,14,18,20H,7-9H2,1-3H3,(H,19,21)/t11-,14+/m1/s1. The van der Waals surface area contributed by atoms with Crippen LogP contribution in [0.1, 0.15) is 19.4 Å². The summed E-state index contributed by atoms with van der Waals surface area (Å²) >= 11 is 5.98. The predicted octanol–water partition coefficient (Wildman–Crippen LogP) is 1.05. The number of benzene rings is 1. The highest BCUT2D eigenvalue weighted by atomic mass is 35.5. The topological polar surface area (TPSA) is 79.8 Å². The van der Waals surface area contributed by atoms with Crippen molar-refractivity contribution in [3.05, 3.63) is 28.8 Å². The second-order valence-corrected chi connectivity index (χ2v) is 6.51. The first-order valence-electron chi connectivity index (χ1n) is 7.49. The Kier molecular flexibility index (Phi) is 5.86. The number of amides is 1. The van der Waals surface area contributed by atoms with Gasteiger partial charge in [0.1, 0.15) is 11.9 Å². The number of morpholine rings is 1. The monoisotopic (exact) mass is 342 g/mol. The van der Waals surface area contributed by atoms with Crippen LogP contribution in [0.15, 0.2) is 18.2 Å². The summed E-state index contributed by atoms with van der Waals surface area (Å²) in [6, 6.07) is 5.19. The van der Waals surface area contributed by atoms with Crippen molar-refractivity contribution in [1.82, 2.24) is 10.6 Å². The molecule has 1 amide bonds. The summed E-state index contributed by atoms with van der Waals surface area (Å²) in [6.45, 7) is 4.44. The van der Waals surface area contributed by atoms with Crippen LogP contribution in [0.5, 0.6) is 5.75 Å². The number of ether oxygens (including phenoxy) is 2. The van der Waals surface area contributed by atoms with Gasteiger partial charge in [-0.1, -0.05) is 17.7 Å². The van der Waals surface area contributed by atoms with Crippen molar-refractivity contribution in [2.45, 2.75) is 31.5 Å². The second kappa shape index (κ2) is 7.49. The Balaban J connectivity index is 2.07. The van der Waals surface area contributed by atoms with Crippen molar-refractivity contribution in [2.24, 2.45) is 0 Å². The minimum Gasteiger partial charge on any atom is -0.496 e. The van der Waals surface area contributed by atoms with Gasteiger partial charge in [0, 0.05) is 17.1 Å². The van der Waals surface area contributed by atoms with Crippen LogP contribution in [0, 0.1) is 0 Å². The van der Waals surface area contributed by atoms with Gasteiger partial charge in [-0.25, -0.2) is 0 Å². The third kappa shape index (κ3) is 4.35. The molecular formula is C16H23ClN2O4. The summed E-state index contributed by atoms with van der Waals surface area (Å²) in [5.74, 6) is 0.404. The molecule has 1 aromatic carbocycles. The molecule has 23 heavy (non-hydrogen) atoms. The molecule has 1 aliphatic heterocycles. The van der Waals surface area contributed by atoms with E-state index in [0.29, 0.717) is 23.9 Å². The highest BCUT2D eigenvalue weighted by Crippen LogP contribution is 2.32. The molecule has 7 heteroatoms. The Labute approximate surface area is 141 Å². The number of hydrogen-bond donors (Lipinski definition) is 3.